The van der Waals surface area contributed by atoms with Crippen LogP contribution < -0.4 is 0 Å². The van der Waals surface area contributed by atoms with Gasteiger partial charge in [0.15, 0.2) is 11.5 Å². The second-order valence-electron chi connectivity index (χ2n) is 4.22. The van der Waals surface area contributed by atoms with Crippen LogP contribution in [0.2, 0.25) is 0 Å². The summed E-state index contributed by atoms with van der Waals surface area (Å²) in [6, 6.07) is 13.6. The standard InChI is InChI=1S/C15H9BrN2O2/c16-12-8-17-14(18-13(12)15(19)20)11-7-3-5-9-4-1-2-6-10(9)11/h1-8H,(H,19,20). The van der Waals surface area contributed by atoms with E-state index in [4.69, 9.17) is 5.11 Å². The van der Waals surface area contributed by atoms with E-state index in [0.717, 1.165) is 16.3 Å². The van der Waals surface area contributed by atoms with Crippen molar-refractivity contribution in [2.45, 2.75) is 0 Å². The molecule has 0 spiro atoms. The maximum atomic E-state index is 11.1. The Morgan fingerprint density at radius 3 is 2.65 bits per heavy atom. The van der Waals surface area contributed by atoms with Crippen molar-refractivity contribution in [1.29, 1.82) is 0 Å². The lowest BCUT2D eigenvalue weighted by molar-refractivity contribution is 0.0689. The predicted molar refractivity (Wildman–Crippen MR) is 79.6 cm³/mol. The molecule has 0 amide bonds. The quantitative estimate of drug-likeness (QED) is 0.778. The zero-order valence-electron chi connectivity index (χ0n) is 10.2. The molecule has 0 aliphatic carbocycles. The summed E-state index contributed by atoms with van der Waals surface area (Å²) in [6.07, 6.45) is 1.47. The average Bonchev–Trinajstić information content (AvgIpc) is 2.47. The van der Waals surface area contributed by atoms with Crippen molar-refractivity contribution in [3.8, 4) is 11.4 Å². The smallest absolute Gasteiger partial charge is 0.355 e. The summed E-state index contributed by atoms with van der Waals surface area (Å²) in [6.45, 7) is 0. The number of rotatable bonds is 2. The van der Waals surface area contributed by atoms with Crippen molar-refractivity contribution in [2.75, 3.05) is 0 Å². The number of carboxylic acid groups (broad SMARTS) is 1. The number of benzene rings is 2. The number of fused-ring (bicyclic) bond motifs is 1. The normalized spacial score (nSPS) is 10.7. The third-order valence-electron chi connectivity index (χ3n) is 2.98. The lowest BCUT2D eigenvalue weighted by Gasteiger charge is -2.06. The van der Waals surface area contributed by atoms with E-state index in [1.54, 1.807) is 0 Å². The van der Waals surface area contributed by atoms with Gasteiger partial charge in [0.2, 0.25) is 0 Å². The number of nitrogens with zero attached hydrogens (tertiary/aromatic N) is 2. The van der Waals surface area contributed by atoms with Gasteiger partial charge in [-0.25, -0.2) is 14.8 Å². The van der Waals surface area contributed by atoms with Gasteiger partial charge >= 0.3 is 5.97 Å². The minimum absolute atomic E-state index is 0.0389. The molecule has 0 saturated carbocycles. The molecule has 0 aliphatic heterocycles. The molecule has 5 heteroatoms. The molecule has 1 N–H and O–H groups in total. The van der Waals surface area contributed by atoms with E-state index in [9.17, 15) is 4.79 Å². The van der Waals surface area contributed by atoms with Crippen molar-refractivity contribution in [3.05, 3.63) is 58.8 Å². The van der Waals surface area contributed by atoms with Gasteiger partial charge in [-0.15, -0.1) is 0 Å². The van der Waals surface area contributed by atoms with Gasteiger partial charge in [0.25, 0.3) is 0 Å². The fraction of sp³-hybridized carbons (Fsp3) is 0. The Morgan fingerprint density at radius 1 is 1.10 bits per heavy atom. The highest BCUT2D eigenvalue weighted by atomic mass is 79.9. The Kier molecular flexibility index (Phi) is 3.20. The molecule has 4 nitrogen and oxygen atoms in total. The zero-order chi connectivity index (χ0) is 14.1. The number of hydrogen-bond donors (Lipinski definition) is 1. The largest absolute Gasteiger partial charge is 0.476 e. The van der Waals surface area contributed by atoms with E-state index in [1.165, 1.54) is 6.20 Å². The lowest BCUT2D eigenvalue weighted by atomic mass is 10.0. The molecule has 1 aromatic heterocycles. The van der Waals surface area contributed by atoms with Gasteiger partial charge < -0.3 is 5.11 Å². The van der Waals surface area contributed by atoms with E-state index in [1.807, 2.05) is 42.5 Å². The van der Waals surface area contributed by atoms with Crippen molar-refractivity contribution in [2.24, 2.45) is 0 Å². The molecule has 0 fully saturated rings. The van der Waals surface area contributed by atoms with Crippen molar-refractivity contribution in [3.63, 3.8) is 0 Å². The van der Waals surface area contributed by atoms with E-state index < -0.39 is 5.97 Å². The van der Waals surface area contributed by atoms with Crippen LogP contribution >= 0.6 is 15.9 Å². The molecule has 0 saturated heterocycles. The fourth-order valence-corrected chi connectivity index (χ4v) is 2.43. The molecule has 98 valence electrons. The first-order valence-corrected chi connectivity index (χ1v) is 6.70. The Morgan fingerprint density at radius 2 is 1.85 bits per heavy atom. The molecule has 0 radical (unpaired) electrons. The van der Waals surface area contributed by atoms with Crippen LogP contribution in [0.25, 0.3) is 22.2 Å². The number of carboxylic acids is 1. The molecule has 1 heterocycles. The molecule has 0 aliphatic rings. The summed E-state index contributed by atoms with van der Waals surface area (Å²) in [5.41, 5.74) is 0.779. The van der Waals surface area contributed by atoms with Gasteiger partial charge in [-0.3, -0.25) is 0 Å². The van der Waals surface area contributed by atoms with Crippen molar-refractivity contribution < 1.29 is 9.90 Å². The Balaban J connectivity index is 2.26. The number of halogens is 1. The summed E-state index contributed by atoms with van der Waals surface area (Å²) in [5.74, 6) is -0.678. The minimum atomic E-state index is -1.08. The molecular formula is C15H9BrN2O2. The van der Waals surface area contributed by atoms with Crippen LogP contribution in [-0.4, -0.2) is 21.0 Å². The zero-order valence-corrected chi connectivity index (χ0v) is 11.8. The molecule has 0 bridgehead atoms. The highest BCUT2D eigenvalue weighted by Crippen LogP contribution is 2.27. The van der Waals surface area contributed by atoms with Gasteiger partial charge in [-0.05, 0) is 26.7 Å². The van der Waals surface area contributed by atoms with Crippen molar-refractivity contribution >= 4 is 32.7 Å². The first kappa shape index (κ1) is 12.7. The maximum Gasteiger partial charge on any atom is 0.355 e. The molecule has 0 unspecified atom stereocenters. The highest BCUT2D eigenvalue weighted by Gasteiger charge is 2.14. The van der Waals surface area contributed by atoms with Gasteiger partial charge in [0, 0.05) is 11.8 Å². The second kappa shape index (κ2) is 5.02. The fourth-order valence-electron chi connectivity index (χ4n) is 2.07. The SMILES string of the molecule is O=C(O)c1nc(-c2cccc3ccccc23)ncc1Br. The third kappa shape index (κ3) is 2.16. The summed E-state index contributed by atoms with van der Waals surface area (Å²) in [4.78, 5) is 19.5. The molecule has 2 aromatic carbocycles. The lowest BCUT2D eigenvalue weighted by Crippen LogP contribution is -2.04. The topological polar surface area (TPSA) is 63.1 Å². The minimum Gasteiger partial charge on any atom is -0.476 e. The number of hydrogen-bond acceptors (Lipinski definition) is 3. The van der Waals surface area contributed by atoms with Crippen molar-refractivity contribution in [1.82, 2.24) is 9.97 Å². The van der Waals surface area contributed by atoms with Crippen LogP contribution in [0.3, 0.4) is 0 Å². The van der Waals surface area contributed by atoms with Crippen LogP contribution in [-0.2, 0) is 0 Å². The maximum absolute atomic E-state index is 11.1. The van der Waals surface area contributed by atoms with Crippen LogP contribution in [0.4, 0.5) is 0 Å². The first-order chi connectivity index (χ1) is 9.66. The van der Waals surface area contributed by atoms with Gasteiger partial charge in [-0.1, -0.05) is 42.5 Å². The summed E-state index contributed by atoms with van der Waals surface area (Å²) in [7, 11) is 0. The van der Waals surface area contributed by atoms with E-state index in [-0.39, 0.29) is 5.69 Å². The van der Waals surface area contributed by atoms with E-state index in [2.05, 4.69) is 25.9 Å². The first-order valence-electron chi connectivity index (χ1n) is 5.91. The van der Waals surface area contributed by atoms with Gasteiger partial charge in [0.1, 0.15) is 0 Å². The molecule has 0 atom stereocenters. The van der Waals surface area contributed by atoms with Gasteiger partial charge in [-0.2, -0.15) is 0 Å². The number of aromatic nitrogens is 2. The molecular weight excluding hydrogens is 320 g/mol. The summed E-state index contributed by atoms with van der Waals surface area (Å²) in [5, 5.41) is 11.2. The Bertz CT molecular complexity index is 813. The summed E-state index contributed by atoms with van der Waals surface area (Å²) < 4.78 is 0.369. The van der Waals surface area contributed by atoms with Crippen LogP contribution in [0.5, 0.6) is 0 Å². The third-order valence-corrected chi connectivity index (χ3v) is 3.56. The Labute approximate surface area is 123 Å². The number of carbonyl (C=O) groups is 1. The number of aromatic carboxylic acids is 1. The predicted octanol–water partition coefficient (Wildman–Crippen LogP) is 3.76. The molecule has 20 heavy (non-hydrogen) atoms. The van der Waals surface area contributed by atoms with Crippen LogP contribution in [0.1, 0.15) is 10.5 Å². The summed E-state index contributed by atoms with van der Waals surface area (Å²) >= 11 is 3.15. The Hall–Kier alpha value is -2.27. The van der Waals surface area contributed by atoms with Gasteiger partial charge in [0.05, 0.1) is 4.47 Å². The van der Waals surface area contributed by atoms with E-state index >= 15 is 0 Å². The highest BCUT2D eigenvalue weighted by molar-refractivity contribution is 9.10. The molecule has 3 aromatic rings. The van der Waals surface area contributed by atoms with E-state index in [0.29, 0.717) is 10.3 Å². The monoisotopic (exact) mass is 328 g/mol. The average molecular weight is 329 g/mol. The van der Waals surface area contributed by atoms with Crippen LogP contribution in [0, 0.1) is 0 Å². The second-order valence-corrected chi connectivity index (χ2v) is 5.08. The molecule has 3 rings (SSSR count). The van der Waals surface area contributed by atoms with Crippen LogP contribution in [0.15, 0.2) is 53.1 Å².